The molecular weight excluding hydrogens is 376 g/mol. The molecular formula is C20H22N4O3S. The summed E-state index contributed by atoms with van der Waals surface area (Å²) in [6, 6.07) is 9.88. The lowest BCUT2D eigenvalue weighted by Crippen LogP contribution is -2.48. The molecule has 4 rings (SSSR count). The van der Waals surface area contributed by atoms with Gasteiger partial charge in [0.05, 0.1) is 18.5 Å². The van der Waals surface area contributed by atoms with E-state index in [4.69, 9.17) is 4.74 Å². The van der Waals surface area contributed by atoms with Crippen molar-refractivity contribution < 1.29 is 9.53 Å². The maximum absolute atomic E-state index is 12.7. The van der Waals surface area contributed by atoms with E-state index < -0.39 is 0 Å². The van der Waals surface area contributed by atoms with Gasteiger partial charge in [-0.15, -0.1) is 11.3 Å². The van der Waals surface area contributed by atoms with Crippen LogP contribution in [0.3, 0.4) is 0 Å². The molecule has 0 unspecified atom stereocenters. The van der Waals surface area contributed by atoms with E-state index in [1.165, 1.54) is 11.3 Å². The van der Waals surface area contributed by atoms with Gasteiger partial charge in [0.15, 0.2) is 0 Å². The molecule has 1 N–H and O–H groups in total. The highest BCUT2D eigenvalue weighted by Crippen LogP contribution is 2.30. The van der Waals surface area contributed by atoms with Crippen molar-refractivity contribution in [3.8, 4) is 11.1 Å². The zero-order chi connectivity index (χ0) is 19.5. The van der Waals surface area contributed by atoms with Gasteiger partial charge >= 0.3 is 6.09 Å². The number of hydrogen-bond acceptors (Lipinski definition) is 6. The van der Waals surface area contributed by atoms with Crippen LogP contribution >= 0.6 is 11.3 Å². The van der Waals surface area contributed by atoms with Crippen LogP contribution in [0, 0.1) is 0 Å². The molecule has 146 valence electrons. The number of fused-ring (bicyclic) bond motifs is 1. The molecule has 2 aromatic heterocycles. The van der Waals surface area contributed by atoms with Gasteiger partial charge in [0.2, 0.25) is 0 Å². The number of rotatable bonds is 4. The number of amides is 1. The van der Waals surface area contributed by atoms with Gasteiger partial charge in [-0.2, -0.15) is 0 Å². The van der Waals surface area contributed by atoms with Crippen molar-refractivity contribution in [3.05, 3.63) is 51.9 Å². The molecule has 8 heteroatoms. The van der Waals surface area contributed by atoms with Gasteiger partial charge in [0.1, 0.15) is 10.7 Å². The highest BCUT2D eigenvalue weighted by molar-refractivity contribution is 7.17. The van der Waals surface area contributed by atoms with Crippen molar-refractivity contribution >= 4 is 27.6 Å². The topological polar surface area (TPSA) is 78.5 Å². The predicted octanol–water partition coefficient (Wildman–Crippen LogP) is 2.93. The summed E-state index contributed by atoms with van der Waals surface area (Å²) in [5.74, 6) is 0.656. The molecule has 1 aliphatic rings. The molecule has 1 saturated heterocycles. The van der Waals surface area contributed by atoms with E-state index in [0.717, 1.165) is 29.0 Å². The molecule has 0 bridgehead atoms. The summed E-state index contributed by atoms with van der Waals surface area (Å²) in [7, 11) is 0. The van der Waals surface area contributed by atoms with Crippen molar-refractivity contribution in [3.63, 3.8) is 0 Å². The molecule has 7 nitrogen and oxygen atoms in total. The van der Waals surface area contributed by atoms with E-state index >= 15 is 0 Å². The van der Waals surface area contributed by atoms with E-state index in [-0.39, 0.29) is 11.7 Å². The lowest BCUT2D eigenvalue weighted by molar-refractivity contribution is 0.0772. The minimum absolute atomic E-state index is 0.106. The average molecular weight is 398 g/mol. The fraction of sp³-hybridized carbons (Fsp3) is 0.350. The first-order chi connectivity index (χ1) is 13.7. The summed E-state index contributed by atoms with van der Waals surface area (Å²) in [5.41, 5.74) is 1.83. The molecule has 0 atom stereocenters. The molecule has 0 saturated carbocycles. The molecule has 0 spiro atoms. The first-order valence-electron chi connectivity index (χ1n) is 9.35. The van der Waals surface area contributed by atoms with Gasteiger partial charge in [-0.3, -0.25) is 9.69 Å². The van der Waals surface area contributed by atoms with E-state index in [2.05, 4.69) is 14.9 Å². The fourth-order valence-corrected chi connectivity index (χ4v) is 4.38. The minimum Gasteiger partial charge on any atom is -0.450 e. The van der Waals surface area contributed by atoms with E-state index in [9.17, 15) is 9.59 Å². The lowest BCUT2D eigenvalue weighted by Gasteiger charge is -2.33. The number of ether oxygens (including phenoxy) is 1. The van der Waals surface area contributed by atoms with Crippen LogP contribution in [0.4, 0.5) is 4.79 Å². The zero-order valence-electron chi connectivity index (χ0n) is 15.7. The Hall–Kier alpha value is -2.71. The number of aromatic nitrogens is 2. The van der Waals surface area contributed by atoms with Crippen LogP contribution in [-0.2, 0) is 11.3 Å². The number of aromatic amines is 1. The Labute approximate surface area is 166 Å². The summed E-state index contributed by atoms with van der Waals surface area (Å²) in [4.78, 5) is 36.8. The summed E-state index contributed by atoms with van der Waals surface area (Å²) >= 11 is 1.49. The molecule has 1 amide bonds. The van der Waals surface area contributed by atoms with Gasteiger partial charge in [-0.25, -0.2) is 9.78 Å². The van der Waals surface area contributed by atoms with Gasteiger partial charge in [0.25, 0.3) is 5.56 Å². The number of H-pyrrole nitrogens is 1. The highest BCUT2D eigenvalue weighted by Gasteiger charge is 2.22. The van der Waals surface area contributed by atoms with Crippen LogP contribution in [0.1, 0.15) is 12.7 Å². The molecule has 1 aromatic carbocycles. The summed E-state index contributed by atoms with van der Waals surface area (Å²) in [6.45, 7) is 5.42. The van der Waals surface area contributed by atoms with Crippen molar-refractivity contribution in [1.82, 2.24) is 19.8 Å². The fourth-order valence-electron chi connectivity index (χ4n) is 3.41. The second-order valence-electron chi connectivity index (χ2n) is 6.67. The second kappa shape index (κ2) is 8.12. The quantitative estimate of drug-likeness (QED) is 0.731. The summed E-state index contributed by atoms with van der Waals surface area (Å²) in [5, 5.41) is 2.64. The van der Waals surface area contributed by atoms with Gasteiger partial charge < -0.3 is 14.6 Å². The Bertz CT molecular complexity index is 1020. The third-order valence-corrected chi connectivity index (χ3v) is 5.72. The average Bonchev–Trinajstić information content (AvgIpc) is 3.14. The third kappa shape index (κ3) is 3.79. The zero-order valence-corrected chi connectivity index (χ0v) is 16.5. The highest BCUT2D eigenvalue weighted by atomic mass is 32.1. The van der Waals surface area contributed by atoms with Crippen LogP contribution in [0.2, 0.25) is 0 Å². The number of carbonyl (C=O) groups is 1. The molecule has 28 heavy (non-hydrogen) atoms. The Morgan fingerprint density at radius 3 is 2.68 bits per heavy atom. The third-order valence-electron chi connectivity index (χ3n) is 4.85. The Kier molecular flexibility index (Phi) is 5.40. The Morgan fingerprint density at radius 1 is 1.21 bits per heavy atom. The minimum atomic E-state index is -0.262. The van der Waals surface area contributed by atoms with Crippen molar-refractivity contribution in [1.29, 1.82) is 0 Å². The normalized spacial score (nSPS) is 15.1. The number of benzene rings is 1. The molecule has 3 aromatic rings. The van der Waals surface area contributed by atoms with Gasteiger partial charge in [-0.1, -0.05) is 30.3 Å². The first kappa shape index (κ1) is 18.6. The van der Waals surface area contributed by atoms with Gasteiger partial charge in [0, 0.05) is 37.1 Å². The van der Waals surface area contributed by atoms with Crippen molar-refractivity contribution in [2.24, 2.45) is 0 Å². The van der Waals surface area contributed by atoms with E-state index in [0.29, 0.717) is 37.5 Å². The first-order valence-corrected chi connectivity index (χ1v) is 10.2. The van der Waals surface area contributed by atoms with Crippen molar-refractivity contribution in [2.45, 2.75) is 13.5 Å². The number of thiophene rings is 1. The molecule has 0 radical (unpaired) electrons. The number of nitrogens with one attached hydrogen (secondary N) is 1. The van der Waals surface area contributed by atoms with Crippen LogP contribution in [-0.4, -0.2) is 58.6 Å². The monoisotopic (exact) mass is 398 g/mol. The number of carbonyl (C=O) groups excluding carboxylic acids is 1. The van der Waals surface area contributed by atoms with Crippen LogP contribution in [0.15, 0.2) is 40.5 Å². The van der Waals surface area contributed by atoms with Crippen molar-refractivity contribution in [2.75, 3.05) is 32.8 Å². The maximum atomic E-state index is 12.7. The second-order valence-corrected chi connectivity index (χ2v) is 7.53. The SMILES string of the molecule is CCOC(=O)N1CCN(Cc2nc3scc(-c4ccccc4)c3c(=O)[nH]2)CC1. The van der Waals surface area contributed by atoms with Crippen LogP contribution < -0.4 is 5.56 Å². The number of hydrogen-bond donors (Lipinski definition) is 1. The maximum Gasteiger partial charge on any atom is 0.409 e. The standard InChI is InChI=1S/C20H22N4O3S/c1-2-27-20(26)24-10-8-23(9-11-24)12-16-21-18(25)17-15(13-28-19(17)22-16)14-6-4-3-5-7-14/h3-7,13H,2,8-12H2,1H3,(H,21,22,25). The lowest BCUT2D eigenvalue weighted by atomic mass is 10.1. The smallest absolute Gasteiger partial charge is 0.409 e. The molecule has 1 fully saturated rings. The number of piperazine rings is 1. The largest absolute Gasteiger partial charge is 0.450 e. The Morgan fingerprint density at radius 2 is 1.96 bits per heavy atom. The van der Waals surface area contributed by atoms with Crippen LogP contribution in [0.5, 0.6) is 0 Å². The Balaban J connectivity index is 1.49. The number of nitrogens with zero attached hydrogens (tertiary/aromatic N) is 3. The van der Waals surface area contributed by atoms with Gasteiger partial charge in [-0.05, 0) is 12.5 Å². The molecule has 1 aliphatic heterocycles. The predicted molar refractivity (Wildman–Crippen MR) is 110 cm³/mol. The molecule has 3 heterocycles. The summed E-state index contributed by atoms with van der Waals surface area (Å²) < 4.78 is 5.05. The molecule has 0 aliphatic carbocycles. The van der Waals surface area contributed by atoms with E-state index in [1.54, 1.807) is 11.8 Å². The summed E-state index contributed by atoms with van der Waals surface area (Å²) in [6.07, 6.45) is -0.262. The van der Waals surface area contributed by atoms with Crippen LogP contribution in [0.25, 0.3) is 21.3 Å². The van der Waals surface area contributed by atoms with E-state index in [1.807, 2.05) is 35.7 Å².